The second-order valence-electron chi connectivity index (χ2n) is 4.59. The van der Waals surface area contributed by atoms with E-state index in [9.17, 15) is 31.9 Å². The Morgan fingerprint density at radius 2 is 2.09 bits per heavy atom. The number of hydrogen-bond donors (Lipinski definition) is 3. The van der Waals surface area contributed by atoms with Crippen molar-refractivity contribution in [3.05, 3.63) is 22.5 Å². The van der Waals surface area contributed by atoms with Gasteiger partial charge < -0.3 is 20.7 Å². The Balaban J connectivity index is 2.56. The average molecular weight is 331 g/mol. The van der Waals surface area contributed by atoms with Crippen LogP contribution in [0, 0.1) is 5.82 Å². The zero-order chi connectivity index (χ0) is 16.9. The molecular formula is C10H10F5N3O4. The number of hydrogen-bond acceptors (Lipinski definition) is 6. The first-order chi connectivity index (χ1) is 10.1. The highest BCUT2D eigenvalue weighted by molar-refractivity contribution is 5.26. The minimum Gasteiger partial charge on any atom is -0.393 e. The molecule has 0 amide bonds. The van der Waals surface area contributed by atoms with Crippen LogP contribution in [0.25, 0.3) is 0 Å². The van der Waals surface area contributed by atoms with Gasteiger partial charge in [-0.1, -0.05) is 0 Å². The van der Waals surface area contributed by atoms with E-state index in [2.05, 4.69) is 9.72 Å². The number of halogens is 5. The summed E-state index contributed by atoms with van der Waals surface area (Å²) in [4.78, 5) is 14.5. The molecule has 12 heteroatoms. The first-order valence-electron chi connectivity index (χ1n) is 5.75. The number of ether oxygens (including phenoxy) is 1. The summed E-state index contributed by atoms with van der Waals surface area (Å²) in [6.45, 7) is -1.84. The first kappa shape index (κ1) is 16.6. The molecule has 1 fully saturated rings. The van der Waals surface area contributed by atoms with Crippen molar-refractivity contribution in [2.75, 3.05) is 12.3 Å². The molecule has 124 valence electrons. The monoisotopic (exact) mass is 331 g/mol. The largest absolute Gasteiger partial charge is 0.393 e. The number of aliphatic hydroxyl groups is 2. The second kappa shape index (κ2) is 5.14. The Labute approximate surface area is 118 Å². The van der Waals surface area contributed by atoms with Crippen LogP contribution in [-0.4, -0.2) is 50.4 Å². The average Bonchev–Trinajstić information content (AvgIpc) is 2.63. The van der Waals surface area contributed by atoms with Gasteiger partial charge in [0, 0.05) is 0 Å². The molecule has 3 atom stereocenters. The molecule has 1 saturated heterocycles. The first-order valence-corrected chi connectivity index (χ1v) is 5.75. The van der Waals surface area contributed by atoms with Gasteiger partial charge in [-0.3, -0.25) is 4.57 Å². The van der Waals surface area contributed by atoms with Crippen molar-refractivity contribution in [3.8, 4) is 0 Å². The van der Waals surface area contributed by atoms with Crippen LogP contribution in [0.1, 0.15) is 6.23 Å². The number of nitrogens with zero attached hydrogens (tertiary/aromatic N) is 2. The van der Waals surface area contributed by atoms with Gasteiger partial charge in [0.25, 0.3) is 6.43 Å². The van der Waals surface area contributed by atoms with Crippen LogP contribution >= 0.6 is 0 Å². The summed E-state index contributed by atoms with van der Waals surface area (Å²) < 4.78 is 71.3. The third-order valence-electron chi connectivity index (χ3n) is 3.33. The highest BCUT2D eigenvalue weighted by Gasteiger charge is 2.73. The molecule has 0 radical (unpaired) electrons. The number of anilines is 1. The van der Waals surface area contributed by atoms with Gasteiger partial charge >= 0.3 is 11.6 Å². The topological polar surface area (TPSA) is 111 Å². The Hall–Kier alpha value is -1.79. The minimum absolute atomic E-state index is 0.0596. The Bertz CT molecular complexity index is 639. The van der Waals surface area contributed by atoms with E-state index in [-0.39, 0.29) is 10.8 Å². The van der Waals surface area contributed by atoms with Gasteiger partial charge in [0.2, 0.25) is 5.60 Å². The highest BCUT2D eigenvalue weighted by atomic mass is 19.3. The van der Waals surface area contributed by atoms with Crippen molar-refractivity contribution < 1.29 is 36.9 Å². The van der Waals surface area contributed by atoms with E-state index in [0.717, 1.165) is 0 Å². The maximum atomic E-state index is 13.9. The Morgan fingerprint density at radius 3 is 2.55 bits per heavy atom. The lowest BCUT2D eigenvalue weighted by Gasteiger charge is -2.31. The van der Waals surface area contributed by atoms with Crippen LogP contribution in [0.15, 0.2) is 11.0 Å². The Morgan fingerprint density at radius 1 is 1.50 bits per heavy atom. The molecule has 2 rings (SSSR count). The molecule has 7 nitrogen and oxygen atoms in total. The summed E-state index contributed by atoms with van der Waals surface area (Å²) in [5.41, 5.74) is -0.150. The molecule has 0 bridgehead atoms. The van der Waals surface area contributed by atoms with Crippen molar-refractivity contribution in [2.45, 2.75) is 30.3 Å². The molecule has 0 aromatic carbocycles. The van der Waals surface area contributed by atoms with Crippen LogP contribution in [-0.2, 0) is 4.74 Å². The van der Waals surface area contributed by atoms with Gasteiger partial charge in [-0.05, 0) is 0 Å². The molecule has 1 aliphatic heterocycles. The fourth-order valence-electron chi connectivity index (χ4n) is 2.05. The number of rotatable bonds is 3. The summed E-state index contributed by atoms with van der Waals surface area (Å²) in [5, 5.41) is 18.4. The maximum absolute atomic E-state index is 13.9. The number of nitrogens with two attached hydrogens (primary N) is 1. The molecule has 1 aromatic heterocycles. The van der Waals surface area contributed by atoms with E-state index in [0.29, 0.717) is 0 Å². The lowest BCUT2D eigenvalue weighted by Crippen LogP contribution is -2.57. The fourth-order valence-corrected chi connectivity index (χ4v) is 2.05. The Kier molecular flexibility index (Phi) is 3.87. The van der Waals surface area contributed by atoms with Gasteiger partial charge in [-0.25, -0.2) is 18.0 Å². The number of aromatic nitrogens is 2. The van der Waals surface area contributed by atoms with E-state index in [4.69, 9.17) is 10.8 Å². The predicted molar refractivity (Wildman–Crippen MR) is 59.8 cm³/mol. The fraction of sp³-hybridized carbons (Fsp3) is 0.600. The second-order valence-corrected chi connectivity index (χ2v) is 4.59. The molecule has 0 unspecified atom stereocenters. The number of aliphatic hydroxyl groups excluding tert-OH is 2. The van der Waals surface area contributed by atoms with E-state index < -0.39 is 54.2 Å². The van der Waals surface area contributed by atoms with Crippen molar-refractivity contribution in [2.24, 2.45) is 0 Å². The maximum Gasteiger partial charge on any atom is 0.351 e. The molecule has 4 N–H and O–H groups in total. The van der Waals surface area contributed by atoms with Gasteiger partial charge in [0.05, 0.1) is 12.8 Å². The zero-order valence-electron chi connectivity index (χ0n) is 10.6. The summed E-state index contributed by atoms with van der Waals surface area (Å²) in [7, 11) is 0. The van der Waals surface area contributed by atoms with E-state index in [1.54, 1.807) is 0 Å². The van der Waals surface area contributed by atoms with Crippen LogP contribution in [0.2, 0.25) is 0 Å². The van der Waals surface area contributed by atoms with Gasteiger partial charge in [0.1, 0.15) is 0 Å². The van der Waals surface area contributed by atoms with Gasteiger partial charge in [-0.15, -0.1) is 0 Å². The highest BCUT2D eigenvalue weighted by Crippen LogP contribution is 2.50. The molecule has 1 aliphatic rings. The van der Waals surface area contributed by atoms with Crippen LogP contribution in [0.3, 0.4) is 0 Å². The van der Waals surface area contributed by atoms with Gasteiger partial charge in [0.15, 0.2) is 24.0 Å². The lowest BCUT2D eigenvalue weighted by atomic mass is 9.95. The van der Waals surface area contributed by atoms with Crippen LogP contribution in [0.4, 0.5) is 27.8 Å². The van der Waals surface area contributed by atoms with E-state index in [1.807, 2.05) is 0 Å². The number of nitrogen functional groups attached to an aromatic ring is 1. The smallest absolute Gasteiger partial charge is 0.351 e. The molecule has 0 saturated carbocycles. The van der Waals surface area contributed by atoms with Crippen molar-refractivity contribution in [3.63, 3.8) is 0 Å². The number of alkyl halides is 4. The van der Waals surface area contributed by atoms with Crippen molar-refractivity contribution in [1.82, 2.24) is 9.55 Å². The third kappa shape index (κ3) is 2.06. The van der Waals surface area contributed by atoms with Crippen LogP contribution < -0.4 is 11.4 Å². The van der Waals surface area contributed by atoms with Gasteiger partial charge in [-0.2, -0.15) is 13.8 Å². The lowest BCUT2D eigenvalue weighted by molar-refractivity contribution is -0.244. The van der Waals surface area contributed by atoms with Crippen molar-refractivity contribution in [1.29, 1.82) is 0 Å². The van der Waals surface area contributed by atoms with E-state index in [1.165, 1.54) is 0 Å². The predicted octanol–water partition coefficient (Wildman–Crippen LogP) is -0.514. The summed E-state index contributed by atoms with van der Waals surface area (Å²) in [5.74, 6) is -6.77. The standard InChI is InChI=1S/C10H10F5N3O4/c11-3-1-18(8(21)17-5(3)16)6-4(20)10(14,15)9(2-19,22-6)7(12)13/h1,4,6-7,19-20H,2H2,(H2,16,17,21)/t4-,6+,9-/m0/s1. The summed E-state index contributed by atoms with van der Waals surface area (Å²) in [6.07, 6.45) is -8.94. The molecule has 2 heterocycles. The quantitative estimate of drug-likeness (QED) is 0.643. The molecule has 0 spiro atoms. The van der Waals surface area contributed by atoms with Crippen LogP contribution in [0.5, 0.6) is 0 Å². The van der Waals surface area contributed by atoms with Crippen molar-refractivity contribution >= 4 is 5.82 Å². The molecule has 1 aromatic rings. The minimum atomic E-state index is -4.61. The summed E-state index contributed by atoms with van der Waals surface area (Å²) >= 11 is 0. The molecule has 0 aliphatic carbocycles. The zero-order valence-corrected chi connectivity index (χ0v) is 10.6. The SMILES string of the molecule is Nc1nc(=O)n([C@@H]2O[C@@](CO)(C(F)F)C(F)(F)[C@H]2O)cc1F. The molecular weight excluding hydrogens is 321 g/mol. The molecule has 22 heavy (non-hydrogen) atoms. The van der Waals surface area contributed by atoms with E-state index >= 15 is 0 Å². The normalized spacial score (nSPS) is 30.9. The summed E-state index contributed by atoms with van der Waals surface area (Å²) in [6, 6.07) is 0. The third-order valence-corrected chi connectivity index (χ3v) is 3.33.